The maximum absolute atomic E-state index is 11.4. The topological polar surface area (TPSA) is 125 Å². The van der Waals surface area contributed by atoms with Crippen LogP contribution in [0.3, 0.4) is 0 Å². The van der Waals surface area contributed by atoms with Gasteiger partial charge in [-0.2, -0.15) is 5.11 Å². The number of azo groups is 2. The molecule has 0 saturated heterocycles. The van der Waals surface area contributed by atoms with E-state index < -0.39 is 4.92 Å². The van der Waals surface area contributed by atoms with Crippen LogP contribution in [0.25, 0.3) is 0 Å². The average molecular weight is 535 g/mol. The van der Waals surface area contributed by atoms with Crippen LogP contribution in [0.5, 0.6) is 5.75 Å². The van der Waals surface area contributed by atoms with Crippen molar-refractivity contribution in [1.29, 1.82) is 0 Å². The van der Waals surface area contributed by atoms with Gasteiger partial charge in [0.05, 0.1) is 30.0 Å². The summed E-state index contributed by atoms with van der Waals surface area (Å²) in [6, 6.07) is 15.9. The van der Waals surface area contributed by atoms with Crippen molar-refractivity contribution in [2.24, 2.45) is 20.5 Å². The van der Waals surface area contributed by atoms with E-state index in [9.17, 15) is 15.2 Å². The quantitative estimate of drug-likeness (QED) is 0.141. The van der Waals surface area contributed by atoms with E-state index in [1.165, 1.54) is 13.2 Å². The largest absolute Gasteiger partial charge is 0.494 e. The molecule has 10 nitrogen and oxygen atoms in total. The fraction of sp³-hybridized carbons (Fsp3) is 0.379. The van der Waals surface area contributed by atoms with Crippen LogP contribution in [-0.2, 0) is 0 Å². The summed E-state index contributed by atoms with van der Waals surface area (Å²) in [5, 5.41) is 37.8. The van der Waals surface area contributed by atoms with Gasteiger partial charge >= 0.3 is 0 Å². The number of hydrogen-bond donors (Lipinski definition) is 1. The number of benzene rings is 3. The summed E-state index contributed by atoms with van der Waals surface area (Å²) in [7, 11) is 1.52. The highest BCUT2D eigenvalue weighted by molar-refractivity contribution is 5.64. The molecule has 0 aromatic heterocycles. The monoisotopic (exact) mass is 534 g/mol. The molecule has 1 N–H and O–H groups in total. The number of anilines is 1. The number of nitro groups is 1. The summed E-state index contributed by atoms with van der Waals surface area (Å²) in [6.07, 6.45) is 2.14. The highest BCUT2D eigenvalue weighted by Crippen LogP contribution is 2.37. The molecule has 3 aromatic carbocycles. The molecule has 0 atom stereocenters. The highest BCUT2D eigenvalue weighted by atomic mass is 16.6. The molecule has 3 aromatic rings. The number of unbranched alkanes of at least 4 members (excludes halogenated alkanes) is 1. The van der Waals surface area contributed by atoms with Gasteiger partial charge in [0, 0.05) is 30.9 Å². The summed E-state index contributed by atoms with van der Waals surface area (Å²) >= 11 is 0. The lowest BCUT2D eigenvalue weighted by Gasteiger charge is -2.23. The molecule has 0 unspecified atom stereocenters. The van der Waals surface area contributed by atoms with E-state index in [0.29, 0.717) is 29.4 Å². The molecule has 0 aliphatic rings. The van der Waals surface area contributed by atoms with Crippen LogP contribution in [0.4, 0.5) is 34.1 Å². The number of ether oxygens (including phenoxy) is 1. The van der Waals surface area contributed by atoms with Crippen molar-refractivity contribution in [2.45, 2.75) is 47.5 Å². The second kappa shape index (κ2) is 15.9. The lowest BCUT2D eigenvalue weighted by Crippen LogP contribution is -2.27. The molecule has 0 amide bonds. The van der Waals surface area contributed by atoms with E-state index in [2.05, 4.69) is 32.3 Å². The molecule has 0 bridgehead atoms. The Hall–Kier alpha value is -4.18. The number of aryl methyl sites for hydroxylation is 2. The Kier molecular flexibility index (Phi) is 12.7. The first-order chi connectivity index (χ1) is 18.9. The standard InChI is InChI=1S/C27H32N6O4.C2H6/c1-5-6-13-32(14-15-34)22-10-8-21(9-11-22)28-31-25-17-20(3)24(18-27(25)37-4)30-29-23-12-7-19(2)16-26(23)33(35)36;1-2/h7-12,16-18,34H,5-6,13-15H2,1-4H3;1-2H3. The maximum Gasteiger partial charge on any atom is 0.296 e. The first-order valence-electron chi connectivity index (χ1n) is 13.1. The van der Waals surface area contributed by atoms with Gasteiger partial charge in [0.2, 0.25) is 0 Å². The first-order valence-corrected chi connectivity index (χ1v) is 13.1. The number of nitrogens with zero attached hydrogens (tertiary/aromatic N) is 6. The second-order valence-electron chi connectivity index (χ2n) is 8.54. The Morgan fingerprint density at radius 1 is 0.897 bits per heavy atom. The van der Waals surface area contributed by atoms with Crippen LogP contribution in [0.2, 0.25) is 0 Å². The van der Waals surface area contributed by atoms with E-state index in [1.807, 2.05) is 45.0 Å². The molecular weight excluding hydrogens is 496 g/mol. The third-order valence-corrected chi connectivity index (χ3v) is 5.73. The summed E-state index contributed by atoms with van der Waals surface area (Å²) in [5.41, 5.74) is 4.34. The van der Waals surface area contributed by atoms with E-state index in [-0.39, 0.29) is 18.0 Å². The van der Waals surface area contributed by atoms with Crippen molar-refractivity contribution in [3.8, 4) is 5.75 Å². The molecule has 208 valence electrons. The Morgan fingerprint density at radius 3 is 2.18 bits per heavy atom. The summed E-state index contributed by atoms with van der Waals surface area (Å²) in [5.74, 6) is 0.451. The molecule has 0 aliphatic heterocycles. The van der Waals surface area contributed by atoms with Crippen molar-refractivity contribution in [3.05, 3.63) is 75.8 Å². The van der Waals surface area contributed by atoms with Crippen molar-refractivity contribution < 1.29 is 14.8 Å². The Bertz CT molecular complexity index is 1280. The number of aliphatic hydroxyl groups excluding tert-OH is 1. The first kappa shape index (κ1) is 31.0. The Labute approximate surface area is 230 Å². The van der Waals surface area contributed by atoms with Gasteiger partial charge in [-0.05, 0) is 67.8 Å². The Morgan fingerprint density at radius 2 is 1.56 bits per heavy atom. The van der Waals surface area contributed by atoms with Gasteiger partial charge in [0.25, 0.3) is 5.69 Å². The molecule has 0 saturated carbocycles. The normalized spacial score (nSPS) is 10.9. The smallest absolute Gasteiger partial charge is 0.296 e. The fourth-order valence-electron chi connectivity index (χ4n) is 3.66. The minimum absolute atomic E-state index is 0.0990. The molecule has 10 heteroatoms. The Balaban J connectivity index is 0.00000260. The van der Waals surface area contributed by atoms with E-state index in [0.717, 1.165) is 36.2 Å². The average Bonchev–Trinajstić information content (AvgIpc) is 2.95. The van der Waals surface area contributed by atoms with Gasteiger partial charge in [0.15, 0.2) is 5.69 Å². The third kappa shape index (κ3) is 8.96. The van der Waals surface area contributed by atoms with Crippen LogP contribution in [0.1, 0.15) is 44.7 Å². The van der Waals surface area contributed by atoms with Crippen molar-refractivity contribution in [2.75, 3.05) is 31.7 Å². The summed E-state index contributed by atoms with van der Waals surface area (Å²) < 4.78 is 5.48. The molecular formula is C29H38N6O4. The van der Waals surface area contributed by atoms with E-state index in [4.69, 9.17) is 4.74 Å². The lowest BCUT2D eigenvalue weighted by molar-refractivity contribution is -0.384. The van der Waals surface area contributed by atoms with Crippen LogP contribution in [0.15, 0.2) is 75.1 Å². The minimum Gasteiger partial charge on any atom is -0.494 e. The predicted octanol–water partition coefficient (Wildman–Crippen LogP) is 8.68. The van der Waals surface area contributed by atoms with Crippen LogP contribution in [0, 0.1) is 24.0 Å². The van der Waals surface area contributed by atoms with Crippen LogP contribution in [-0.4, -0.2) is 36.8 Å². The zero-order valence-electron chi connectivity index (χ0n) is 23.6. The van der Waals surface area contributed by atoms with Crippen molar-refractivity contribution >= 4 is 34.1 Å². The fourth-order valence-corrected chi connectivity index (χ4v) is 3.66. The number of nitro benzene ring substituents is 1. The SMILES string of the molecule is CC.CCCCN(CCO)c1ccc(N=Nc2cc(C)c(N=Nc3ccc(C)cc3[N+](=O)[O-])cc2OC)cc1. The zero-order chi connectivity index (χ0) is 28.8. The highest BCUT2D eigenvalue weighted by Gasteiger charge is 2.14. The molecule has 0 spiro atoms. The van der Waals surface area contributed by atoms with Gasteiger partial charge in [-0.25, -0.2) is 0 Å². The maximum atomic E-state index is 11.4. The number of hydrogen-bond acceptors (Lipinski definition) is 9. The number of methoxy groups -OCH3 is 1. The zero-order valence-corrected chi connectivity index (χ0v) is 23.6. The third-order valence-electron chi connectivity index (χ3n) is 5.73. The van der Waals surface area contributed by atoms with Gasteiger partial charge in [-0.3, -0.25) is 10.1 Å². The summed E-state index contributed by atoms with van der Waals surface area (Å²) in [4.78, 5) is 13.0. The molecule has 0 radical (unpaired) electrons. The van der Waals surface area contributed by atoms with Gasteiger partial charge < -0.3 is 14.7 Å². The lowest BCUT2D eigenvalue weighted by atomic mass is 10.1. The van der Waals surface area contributed by atoms with Crippen molar-refractivity contribution in [1.82, 2.24) is 0 Å². The summed E-state index contributed by atoms with van der Waals surface area (Å²) in [6.45, 7) is 11.3. The number of aliphatic hydroxyl groups is 1. The second-order valence-corrected chi connectivity index (χ2v) is 8.54. The van der Waals surface area contributed by atoms with Gasteiger partial charge in [-0.1, -0.05) is 33.3 Å². The molecule has 0 fully saturated rings. The van der Waals surface area contributed by atoms with Crippen LogP contribution < -0.4 is 9.64 Å². The van der Waals surface area contributed by atoms with E-state index >= 15 is 0 Å². The van der Waals surface area contributed by atoms with Gasteiger partial charge in [0.1, 0.15) is 11.4 Å². The predicted molar refractivity (Wildman–Crippen MR) is 156 cm³/mol. The van der Waals surface area contributed by atoms with Crippen LogP contribution >= 0.6 is 0 Å². The molecule has 3 rings (SSSR count). The van der Waals surface area contributed by atoms with Gasteiger partial charge in [-0.15, -0.1) is 15.3 Å². The molecule has 0 aliphatic carbocycles. The molecule has 39 heavy (non-hydrogen) atoms. The number of rotatable bonds is 12. The molecule has 0 heterocycles. The van der Waals surface area contributed by atoms with Crippen molar-refractivity contribution in [3.63, 3.8) is 0 Å². The van der Waals surface area contributed by atoms with E-state index in [1.54, 1.807) is 31.2 Å². The minimum atomic E-state index is -0.472.